The zero-order chi connectivity index (χ0) is 19.6. The first-order valence-corrected chi connectivity index (χ1v) is 9.02. The minimum atomic E-state index is 0. The summed E-state index contributed by atoms with van der Waals surface area (Å²) in [5, 5.41) is 6.76. The molecular weight excluding hydrogens is 469 g/mol. The summed E-state index contributed by atoms with van der Waals surface area (Å²) in [7, 11) is 9.20. The van der Waals surface area contributed by atoms with Crippen LogP contribution in [0.1, 0.15) is 11.6 Å². The Balaban J connectivity index is 0.00000392. The van der Waals surface area contributed by atoms with Crippen LogP contribution in [0.25, 0.3) is 0 Å². The Labute approximate surface area is 185 Å². The van der Waals surface area contributed by atoms with Crippen molar-refractivity contribution in [1.82, 2.24) is 20.1 Å². The topological polar surface area (TPSA) is 63.1 Å². The molecule has 0 bridgehead atoms. The minimum Gasteiger partial charge on any atom is -0.493 e. The van der Waals surface area contributed by atoms with E-state index in [4.69, 9.17) is 9.47 Å². The van der Waals surface area contributed by atoms with Crippen molar-refractivity contribution in [3.63, 3.8) is 0 Å². The lowest BCUT2D eigenvalue weighted by atomic mass is 10.1. The number of ether oxygens (including phenoxy) is 2. The molecule has 2 aromatic rings. The number of likely N-dealkylation sites (N-methyl/N-ethyl adjacent to an activating group) is 1. The summed E-state index contributed by atoms with van der Waals surface area (Å²) in [4.78, 5) is 6.48. The summed E-state index contributed by atoms with van der Waals surface area (Å²) < 4.78 is 12.9. The van der Waals surface area contributed by atoms with Gasteiger partial charge < -0.3 is 29.6 Å². The van der Waals surface area contributed by atoms with E-state index >= 15 is 0 Å². The first kappa shape index (κ1) is 24.1. The Hall–Kier alpha value is -1.94. The summed E-state index contributed by atoms with van der Waals surface area (Å²) in [5.74, 6) is 2.25. The van der Waals surface area contributed by atoms with Gasteiger partial charge in [-0.2, -0.15) is 0 Å². The Morgan fingerprint density at radius 2 is 1.79 bits per heavy atom. The Kier molecular flexibility index (Phi) is 10.8. The molecule has 28 heavy (non-hydrogen) atoms. The standard InChI is InChI=1S/C20H31N5O2.HI/c1-21-20(22-10-13-25-11-6-7-12-25)23-15-17(24(2)3)16-8-9-18(26-4)19(14-16)27-5;/h6-9,11-12,14,17H,10,13,15H2,1-5H3,(H2,21,22,23);1H. The van der Waals surface area contributed by atoms with Crippen LogP contribution in [0.5, 0.6) is 11.5 Å². The van der Waals surface area contributed by atoms with Gasteiger partial charge in [0.1, 0.15) is 0 Å². The molecule has 7 nitrogen and oxygen atoms in total. The number of benzene rings is 1. The molecular formula is C20H32IN5O2. The molecule has 0 radical (unpaired) electrons. The van der Waals surface area contributed by atoms with E-state index in [2.05, 4.69) is 57.6 Å². The lowest BCUT2D eigenvalue weighted by Gasteiger charge is -2.26. The van der Waals surface area contributed by atoms with Gasteiger partial charge in [0.25, 0.3) is 0 Å². The molecule has 2 rings (SSSR count). The Bertz CT molecular complexity index is 719. The molecule has 0 spiro atoms. The van der Waals surface area contributed by atoms with Crippen molar-refractivity contribution >= 4 is 29.9 Å². The lowest BCUT2D eigenvalue weighted by Crippen LogP contribution is -2.42. The van der Waals surface area contributed by atoms with E-state index in [-0.39, 0.29) is 30.0 Å². The molecule has 1 aromatic carbocycles. The number of hydrogen-bond acceptors (Lipinski definition) is 4. The van der Waals surface area contributed by atoms with Gasteiger partial charge in [0.05, 0.1) is 20.3 Å². The molecule has 0 saturated carbocycles. The van der Waals surface area contributed by atoms with Gasteiger partial charge in [0.2, 0.25) is 0 Å². The second-order valence-corrected chi connectivity index (χ2v) is 6.39. The van der Waals surface area contributed by atoms with Crippen molar-refractivity contribution in [3.8, 4) is 11.5 Å². The molecule has 1 heterocycles. The van der Waals surface area contributed by atoms with Crippen molar-refractivity contribution < 1.29 is 9.47 Å². The fourth-order valence-electron chi connectivity index (χ4n) is 2.90. The van der Waals surface area contributed by atoms with Crippen LogP contribution in [-0.4, -0.2) is 63.9 Å². The van der Waals surface area contributed by atoms with E-state index in [0.29, 0.717) is 6.54 Å². The maximum absolute atomic E-state index is 5.44. The number of rotatable bonds is 9. The number of nitrogens with one attached hydrogen (secondary N) is 2. The molecule has 0 aliphatic rings. The zero-order valence-electron chi connectivity index (χ0n) is 17.3. The molecule has 0 aliphatic heterocycles. The van der Waals surface area contributed by atoms with Crippen molar-refractivity contribution in [3.05, 3.63) is 48.3 Å². The largest absolute Gasteiger partial charge is 0.493 e. The van der Waals surface area contributed by atoms with E-state index in [1.165, 1.54) is 0 Å². The van der Waals surface area contributed by atoms with Gasteiger partial charge in [0, 0.05) is 39.1 Å². The van der Waals surface area contributed by atoms with Crippen LogP contribution in [0.4, 0.5) is 0 Å². The summed E-state index contributed by atoms with van der Waals surface area (Å²) in [6, 6.07) is 10.2. The van der Waals surface area contributed by atoms with Gasteiger partial charge in [-0.1, -0.05) is 6.07 Å². The highest BCUT2D eigenvalue weighted by Crippen LogP contribution is 2.31. The number of guanidine groups is 1. The molecule has 1 atom stereocenters. The van der Waals surface area contributed by atoms with E-state index < -0.39 is 0 Å². The maximum atomic E-state index is 5.44. The molecule has 0 aliphatic carbocycles. The molecule has 0 fully saturated rings. The van der Waals surface area contributed by atoms with Crippen LogP contribution in [0.2, 0.25) is 0 Å². The quantitative estimate of drug-likeness (QED) is 0.314. The van der Waals surface area contributed by atoms with Crippen LogP contribution in [-0.2, 0) is 6.54 Å². The fraction of sp³-hybridized carbons (Fsp3) is 0.450. The molecule has 1 unspecified atom stereocenters. The van der Waals surface area contributed by atoms with Gasteiger partial charge >= 0.3 is 0 Å². The summed E-state index contributed by atoms with van der Waals surface area (Å²) >= 11 is 0. The van der Waals surface area contributed by atoms with Crippen molar-refractivity contribution in [2.45, 2.75) is 12.6 Å². The third-order valence-electron chi connectivity index (χ3n) is 4.43. The smallest absolute Gasteiger partial charge is 0.191 e. The Morgan fingerprint density at radius 3 is 2.36 bits per heavy atom. The normalized spacial score (nSPS) is 12.3. The molecule has 0 amide bonds. The third kappa shape index (κ3) is 6.90. The predicted molar refractivity (Wildman–Crippen MR) is 125 cm³/mol. The highest BCUT2D eigenvalue weighted by Gasteiger charge is 2.17. The van der Waals surface area contributed by atoms with Crippen molar-refractivity contribution in [2.75, 3.05) is 48.5 Å². The summed E-state index contributed by atoms with van der Waals surface area (Å²) in [5.41, 5.74) is 1.15. The molecule has 1 aromatic heterocycles. The van der Waals surface area contributed by atoms with E-state index in [0.717, 1.165) is 36.1 Å². The number of hydrogen-bond donors (Lipinski definition) is 2. The number of nitrogens with zero attached hydrogens (tertiary/aromatic N) is 3. The van der Waals surface area contributed by atoms with Gasteiger partial charge in [-0.25, -0.2) is 0 Å². The van der Waals surface area contributed by atoms with Crippen molar-refractivity contribution in [1.29, 1.82) is 0 Å². The van der Waals surface area contributed by atoms with Gasteiger partial charge in [-0.05, 0) is 43.9 Å². The summed E-state index contributed by atoms with van der Waals surface area (Å²) in [6.07, 6.45) is 4.11. The van der Waals surface area contributed by atoms with Gasteiger partial charge in [0.15, 0.2) is 17.5 Å². The second-order valence-electron chi connectivity index (χ2n) is 6.39. The second kappa shape index (κ2) is 12.5. The van der Waals surface area contributed by atoms with Crippen LogP contribution < -0.4 is 20.1 Å². The van der Waals surface area contributed by atoms with Crippen molar-refractivity contribution in [2.24, 2.45) is 4.99 Å². The number of methoxy groups -OCH3 is 2. The average Bonchev–Trinajstić information content (AvgIpc) is 3.19. The molecule has 156 valence electrons. The first-order chi connectivity index (χ1) is 13.1. The first-order valence-electron chi connectivity index (χ1n) is 9.02. The van der Waals surface area contributed by atoms with Crippen LogP contribution >= 0.6 is 24.0 Å². The minimum absolute atomic E-state index is 0. The predicted octanol–water partition coefficient (Wildman–Crippen LogP) is 2.59. The maximum Gasteiger partial charge on any atom is 0.191 e. The number of halogens is 1. The third-order valence-corrected chi connectivity index (χ3v) is 4.43. The van der Waals surface area contributed by atoms with E-state index in [1.54, 1.807) is 21.3 Å². The van der Waals surface area contributed by atoms with Crippen LogP contribution in [0.3, 0.4) is 0 Å². The van der Waals surface area contributed by atoms with Crippen LogP contribution in [0, 0.1) is 0 Å². The number of aromatic nitrogens is 1. The Morgan fingerprint density at radius 1 is 1.11 bits per heavy atom. The fourth-order valence-corrected chi connectivity index (χ4v) is 2.90. The lowest BCUT2D eigenvalue weighted by molar-refractivity contribution is 0.295. The average molecular weight is 501 g/mol. The zero-order valence-corrected chi connectivity index (χ0v) is 19.6. The molecule has 0 saturated heterocycles. The van der Waals surface area contributed by atoms with Gasteiger partial charge in [-0.3, -0.25) is 4.99 Å². The SMILES string of the molecule is CN=C(NCCn1cccc1)NCC(c1ccc(OC)c(OC)c1)N(C)C.I. The van der Waals surface area contributed by atoms with Crippen LogP contribution in [0.15, 0.2) is 47.7 Å². The van der Waals surface area contributed by atoms with E-state index in [1.807, 2.05) is 24.3 Å². The van der Waals surface area contributed by atoms with Gasteiger partial charge in [-0.15, -0.1) is 24.0 Å². The monoisotopic (exact) mass is 501 g/mol. The van der Waals surface area contributed by atoms with E-state index in [9.17, 15) is 0 Å². The highest BCUT2D eigenvalue weighted by molar-refractivity contribution is 14.0. The summed E-state index contributed by atoms with van der Waals surface area (Å²) in [6.45, 7) is 2.41. The number of aliphatic imine (C=N–C) groups is 1. The molecule has 8 heteroatoms. The molecule has 2 N–H and O–H groups in total. The highest BCUT2D eigenvalue weighted by atomic mass is 127.